The Morgan fingerprint density at radius 1 is 0.960 bits per heavy atom. The average molecular weight is 335 g/mol. The second-order valence-corrected chi connectivity index (χ2v) is 6.80. The molecular weight excluding hydrogens is 310 g/mol. The van der Waals surface area contributed by atoms with Gasteiger partial charge in [0.25, 0.3) is 0 Å². The van der Waals surface area contributed by atoms with E-state index in [4.69, 9.17) is 4.74 Å². The van der Waals surface area contributed by atoms with E-state index >= 15 is 0 Å². The van der Waals surface area contributed by atoms with Crippen molar-refractivity contribution in [1.82, 2.24) is 5.43 Å². The van der Waals surface area contributed by atoms with Gasteiger partial charge < -0.3 is 9.64 Å². The number of amidine groups is 1. The highest BCUT2D eigenvalue weighted by Gasteiger charge is 2.19. The summed E-state index contributed by atoms with van der Waals surface area (Å²) in [5.41, 5.74) is 5.63. The lowest BCUT2D eigenvalue weighted by Crippen LogP contribution is -2.32. The van der Waals surface area contributed by atoms with Crippen LogP contribution in [0.1, 0.15) is 43.6 Å². The van der Waals surface area contributed by atoms with E-state index in [0.29, 0.717) is 13.3 Å². The van der Waals surface area contributed by atoms with Crippen LogP contribution in [0.15, 0.2) is 59.7 Å². The molecular formula is C21H25N3O. The summed E-state index contributed by atoms with van der Waals surface area (Å²) in [6.45, 7) is 1.15. The van der Waals surface area contributed by atoms with Crippen LogP contribution in [-0.2, 0) is 0 Å². The maximum Gasteiger partial charge on any atom is 0.168 e. The fourth-order valence-electron chi connectivity index (χ4n) is 3.73. The molecule has 0 saturated heterocycles. The van der Waals surface area contributed by atoms with Crippen LogP contribution >= 0.6 is 0 Å². The summed E-state index contributed by atoms with van der Waals surface area (Å²) < 4.78 is 5.97. The number of nitrogens with one attached hydrogen (secondary N) is 1. The van der Waals surface area contributed by atoms with E-state index in [2.05, 4.69) is 51.8 Å². The fraction of sp³-hybridized carbons (Fsp3) is 0.381. The number of rotatable bonds is 5. The third-order valence-corrected chi connectivity index (χ3v) is 5.14. The summed E-state index contributed by atoms with van der Waals surface area (Å²) in [7, 11) is 0. The first-order valence-corrected chi connectivity index (χ1v) is 9.25. The third-order valence-electron chi connectivity index (χ3n) is 5.14. The van der Waals surface area contributed by atoms with Gasteiger partial charge in [0, 0.05) is 5.69 Å². The van der Waals surface area contributed by atoms with Crippen LogP contribution in [0.4, 0.5) is 5.69 Å². The van der Waals surface area contributed by atoms with E-state index in [1.54, 1.807) is 0 Å². The number of anilines is 1. The van der Waals surface area contributed by atoms with Crippen LogP contribution in [-0.4, -0.2) is 19.1 Å². The van der Waals surface area contributed by atoms with Crippen molar-refractivity contribution in [3.8, 4) is 5.75 Å². The first-order valence-electron chi connectivity index (χ1n) is 9.25. The van der Waals surface area contributed by atoms with E-state index in [9.17, 15) is 0 Å². The van der Waals surface area contributed by atoms with Gasteiger partial charge in [-0.05, 0) is 48.6 Å². The van der Waals surface area contributed by atoms with Crippen LogP contribution in [0, 0.1) is 0 Å². The van der Waals surface area contributed by atoms with E-state index in [0.717, 1.165) is 23.2 Å². The SMILES string of the molecule is c1ccc(N2CNN=C2COc2ccc(C3CCCCC3)cc2)cc1. The van der Waals surface area contributed by atoms with Crippen molar-refractivity contribution in [2.24, 2.45) is 5.10 Å². The molecule has 0 unspecified atom stereocenters. The zero-order valence-electron chi connectivity index (χ0n) is 14.5. The second kappa shape index (κ2) is 7.60. The number of ether oxygens (including phenoxy) is 1. The van der Waals surface area contributed by atoms with Crippen molar-refractivity contribution < 1.29 is 4.74 Å². The molecule has 1 heterocycles. The van der Waals surface area contributed by atoms with Crippen molar-refractivity contribution in [2.45, 2.75) is 38.0 Å². The molecule has 1 aliphatic carbocycles. The lowest BCUT2D eigenvalue weighted by atomic mass is 9.84. The number of hydrogen-bond acceptors (Lipinski definition) is 4. The highest BCUT2D eigenvalue weighted by molar-refractivity contribution is 5.99. The molecule has 1 aliphatic heterocycles. The molecule has 2 aromatic carbocycles. The zero-order chi connectivity index (χ0) is 16.9. The van der Waals surface area contributed by atoms with Crippen molar-refractivity contribution in [3.63, 3.8) is 0 Å². The second-order valence-electron chi connectivity index (χ2n) is 6.80. The van der Waals surface area contributed by atoms with Gasteiger partial charge >= 0.3 is 0 Å². The molecule has 0 aromatic heterocycles. The monoisotopic (exact) mass is 335 g/mol. The Labute approximate surface area is 149 Å². The van der Waals surface area contributed by atoms with Crippen LogP contribution in [0.3, 0.4) is 0 Å². The van der Waals surface area contributed by atoms with Gasteiger partial charge in [-0.1, -0.05) is 49.6 Å². The molecule has 1 fully saturated rings. The molecule has 2 aliphatic rings. The summed E-state index contributed by atoms with van der Waals surface area (Å²) in [5, 5.41) is 4.37. The van der Waals surface area contributed by atoms with Gasteiger partial charge in [0.05, 0.1) is 0 Å². The van der Waals surface area contributed by atoms with Crippen LogP contribution in [0.2, 0.25) is 0 Å². The molecule has 0 bridgehead atoms. The molecule has 0 spiro atoms. The fourth-order valence-corrected chi connectivity index (χ4v) is 3.73. The van der Waals surface area contributed by atoms with Gasteiger partial charge in [0.2, 0.25) is 0 Å². The standard InChI is InChI=1S/C21H25N3O/c1-3-7-17(8-4-1)18-11-13-20(14-12-18)25-15-21-23-22-16-24(21)19-9-5-2-6-10-19/h2,5-6,9-14,17,22H,1,3-4,7-8,15-16H2. The molecule has 1 saturated carbocycles. The summed E-state index contributed by atoms with van der Waals surface area (Å²) >= 11 is 0. The predicted molar refractivity (Wildman–Crippen MR) is 102 cm³/mol. The van der Waals surface area contributed by atoms with Crippen LogP contribution in [0.25, 0.3) is 0 Å². The summed E-state index contributed by atoms with van der Waals surface area (Å²) in [4.78, 5) is 2.14. The van der Waals surface area contributed by atoms with E-state index < -0.39 is 0 Å². The molecule has 4 rings (SSSR count). The molecule has 25 heavy (non-hydrogen) atoms. The Morgan fingerprint density at radius 2 is 1.72 bits per heavy atom. The molecule has 0 amide bonds. The number of benzene rings is 2. The zero-order valence-corrected chi connectivity index (χ0v) is 14.5. The highest BCUT2D eigenvalue weighted by Crippen LogP contribution is 2.33. The lowest BCUT2D eigenvalue weighted by Gasteiger charge is -2.22. The molecule has 0 radical (unpaired) electrons. The first-order chi connectivity index (χ1) is 12.4. The van der Waals surface area contributed by atoms with E-state index in [1.807, 2.05) is 18.2 Å². The van der Waals surface area contributed by atoms with E-state index in [-0.39, 0.29) is 0 Å². The molecule has 0 atom stereocenters. The molecule has 1 N–H and O–H groups in total. The highest BCUT2D eigenvalue weighted by atomic mass is 16.5. The topological polar surface area (TPSA) is 36.9 Å². The Hall–Kier alpha value is -2.49. The quantitative estimate of drug-likeness (QED) is 0.874. The normalized spacial score (nSPS) is 17.9. The molecule has 130 valence electrons. The lowest BCUT2D eigenvalue weighted by molar-refractivity contribution is 0.374. The van der Waals surface area contributed by atoms with Crippen LogP contribution in [0.5, 0.6) is 5.75 Å². The van der Waals surface area contributed by atoms with Crippen LogP contribution < -0.4 is 15.1 Å². The maximum atomic E-state index is 5.97. The van der Waals surface area contributed by atoms with Gasteiger partial charge in [0.15, 0.2) is 5.84 Å². The first kappa shape index (κ1) is 16.0. The number of hydrogen-bond donors (Lipinski definition) is 1. The smallest absolute Gasteiger partial charge is 0.168 e. The number of para-hydroxylation sites is 1. The minimum atomic E-state index is 0.463. The number of hydrazone groups is 1. The van der Waals surface area contributed by atoms with E-state index in [1.165, 1.54) is 37.7 Å². The Bertz CT molecular complexity index is 706. The maximum absolute atomic E-state index is 5.97. The Morgan fingerprint density at radius 3 is 2.48 bits per heavy atom. The molecule has 4 nitrogen and oxygen atoms in total. The van der Waals surface area contributed by atoms with Gasteiger partial charge in [-0.3, -0.25) is 5.43 Å². The van der Waals surface area contributed by atoms with Crippen molar-refractivity contribution in [2.75, 3.05) is 18.2 Å². The van der Waals surface area contributed by atoms with Gasteiger partial charge in [-0.2, -0.15) is 5.10 Å². The molecule has 2 aromatic rings. The minimum Gasteiger partial charge on any atom is -0.486 e. The Kier molecular flexibility index (Phi) is 4.86. The Balaban J connectivity index is 1.36. The molecule has 4 heteroatoms. The minimum absolute atomic E-state index is 0.463. The van der Waals surface area contributed by atoms with Gasteiger partial charge in [0.1, 0.15) is 19.0 Å². The van der Waals surface area contributed by atoms with Crippen molar-refractivity contribution in [1.29, 1.82) is 0 Å². The van der Waals surface area contributed by atoms with Gasteiger partial charge in [-0.15, -0.1) is 0 Å². The third kappa shape index (κ3) is 3.78. The summed E-state index contributed by atoms with van der Waals surface area (Å²) in [6.07, 6.45) is 6.78. The summed E-state index contributed by atoms with van der Waals surface area (Å²) in [5.74, 6) is 2.55. The predicted octanol–water partition coefficient (Wildman–Crippen LogP) is 4.49. The largest absolute Gasteiger partial charge is 0.486 e. The van der Waals surface area contributed by atoms with Crippen molar-refractivity contribution >= 4 is 11.5 Å². The van der Waals surface area contributed by atoms with Gasteiger partial charge in [-0.25, -0.2) is 0 Å². The average Bonchev–Trinajstić information content (AvgIpc) is 3.17. The summed E-state index contributed by atoms with van der Waals surface area (Å²) in [6, 6.07) is 18.9. The number of nitrogens with zero attached hydrogens (tertiary/aromatic N) is 2. The van der Waals surface area contributed by atoms with Crippen molar-refractivity contribution in [3.05, 3.63) is 60.2 Å².